The molecule has 3 aromatic heterocycles. The van der Waals surface area contributed by atoms with E-state index in [4.69, 9.17) is 4.98 Å². The maximum Gasteiger partial charge on any atom is 0.199 e. The van der Waals surface area contributed by atoms with E-state index in [2.05, 4.69) is 39.2 Å². The molecule has 0 aliphatic heterocycles. The number of aromatic amines is 1. The van der Waals surface area contributed by atoms with Gasteiger partial charge in [0, 0.05) is 0 Å². The Labute approximate surface area is 200 Å². The average Bonchev–Trinajstić information content (AvgIpc) is 3.48. The van der Waals surface area contributed by atoms with Crippen LogP contribution in [0.5, 0.6) is 0 Å². The Balaban J connectivity index is 1.49. The SMILES string of the molecule is CC(O)c1nc(-c2cccc([C@@]34CC[C@@H](c5cc(-c6c(F)cccc6F)nnc53)C4(C)C)n2)n[nH]1. The topological polar surface area (TPSA) is 100 Å². The molecule has 6 rings (SSSR count). The third kappa shape index (κ3) is 2.94. The molecule has 2 N–H and O–H groups in total. The molecule has 0 saturated heterocycles. The maximum atomic E-state index is 14.5. The third-order valence-corrected chi connectivity index (χ3v) is 7.91. The Kier molecular flexibility index (Phi) is 4.67. The average molecular weight is 475 g/mol. The van der Waals surface area contributed by atoms with Crippen LogP contribution in [0.1, 0.15) is 68.4 Å². The van der Waals surface area contributed by atoms with Crippen LogP contribution >= 0.6 is 0 Å². The molecule has 3 heterocycles. The predicted molar refractivity (Wildman–Crippen MR) is 124 cm³/mol. The summed E-state index contributed by atoms with van der Waals surface area (Å²) in [6.07, 6.45) is 0.977. The maximum absolute atomic E-state index is 14.5. The van der Waals surface area contributed by atoms with Gasteiger partial charge in [-0.15, -0.1) is 5.10 Å². The van der Waals surface area contributed by atoms with E-state index in [1.807, 2.05) is 18.2 Å². The van der Waals surface area contributed by atoms with Gasteiger partial charge in [0.15, 0.2) is 11.6 Å². The lowest BCUT2D eigenvalue weighted by Crippen LogP contribution is -2.37. The van der Waals surface area contributed by atoms with Crippen LogP contribution in [0.15, 0.2) is 42.5 Å². The number of benzene rings is 1. The number of aliphatic hydroxyl groups is 1. The highest BCUT2D eigenvalue weighted by molar-refractivity contribution is 5.64. The standard InChI is InChI=1S/C26H24F2N6O/c1-13(35)23-30-24(34-33-23)18-8-5-9-20(29-18)26-11-10-15(25(26,2)3)14-12-19(31-32-22(14)26)21-16(27)6-4-7-17(21)28/h4-9,12-13,15,35H,10-11H2,1-3H3,(H,30,33,34)/t13?,15-,26-/m0/s1. The van der Waals surface area contributed by atoms with Crippen LogP contribution in [-0.2, 0) is 5.41 Å². The van der Waals surface area contributed by atoms with Gasteiger partial charge in [-0.1, -0.05) is 26.0 Å². The highest BCUT2D eigenvalue weighted by Crippen LogP contribution is 2.69. The summed E-state index contributed by atoms with van der Waals surface area (Å²) in [5, 5.41) is 25.6. The largest absolute Gasteiger partial charge is 0.385 e. The highest BCUT2D eigenvalue weighted by Gasteiger charge is 2.65. The second kappa shape index (κ2) is 7.45. The monoisotopic (exact) mass is 474 g/mol. The molecule has 0 amide bonds. The van der Waals surface area contributed by atoms with Gasteiger partial charge >= 0.3 is 0 Å². The lowest BCUT2D eigenvalue weighted by atomic mass is 9.66. The molecule has 2 aliphatic rings. The molecule has 35 heavy (non-hydrogen) atoms. The number of nitrogens with one attached hydrogen (secondary N) is 1. The minimum atomic E-state index is -0.766. The number of rotatable bonds is 4. The lowest BCUT2D eigenvalue weighted by molar-refractivity contribution is 0.189. The van der Waals surface area contributed by atoms with Crippen LogP contribution < -0.4 is 0 Å². The normalized spacial score (nSPS) is 22.9. The third-order valence-electron chi connectivity index (χ3n) is 7.91. The molecule has 2 bridgehead atoms. The highest BCUT2D eigenvalue weighted by atomic mass is 19.1. The molecule has 0 radical (unpaired) electrons. The fourth-order valence-corrected chi connectivity index (χ4v) is 6.13. The van der Waals surface area contributed by atoms with Crippen LogP contribution in [0, 0.1) is 17.0 Å². The van der Waals surface area contributed by atoms with Crippen LogP contribution in [0.25, 0.3) is 22.8 Å². The van der Waals surface area contributed by atoms with Crippen molar-refractivity contribution < 1.29 is 13.9 Å². The molecule has 1 saturated carbocycles. The number of halogens is 2. The number of H-pyrrole nitrogens is 1. The first-order valence-corrected chi connectivity index (χ1v) is 11.6. The molecule has 2 aliphatic carbocycles. The smallest absolute Gasteiger partial charge is 0.199 e. The number of fused-ring (bicyclic) bond motifs is 5. The Hall–Kier alpha value is -3.59. The van der Waals surface area contributed by atoms with Gasteiger partial charge in [-0.3, -0.25) is 5.10 Å². The van der Waals surface area contributed by atoms with E-state index in [0.29, 0.717) is 17.3 Å². The second-order valence-corrected chi connectivity index (χ2v) is 9.98. The van der Waals surface area contributed by atoms with Crippen molar-refractivity contribution >= 4 is 0 Å². The molecule has 1 unspecified atom stereocenters. The number of pyridine rings is 1. The fraction of sp³-hybridized carbons (Fsp3) is 0.346. The number of aliphatic hydroxyl groups excluding tert-OH is 1. The minimum Gasteiger partial charge on any atom is -0.385 e. The predicted octanol–water partition coefficient (Wildman–Crippen LogP) is 4.86. The molecule has 9 heteroatoms. The van der Waals surface area contributed by atoms with E-state index in [0.717, 1.165) is 29.8 Å². The van der Waals surface area contributed by atoms with E-state index in [-0.39, 0.29) is 22.6 Å². The van der Waals surface area contributed by atoms with E-state index >= 15 is 0 Å². The van der Waals surface area contributed by atoms with Crippen LogP contribution in [0.2, 0.25) is 0 Å². The van der Waals surface area contributed by atoms with Gasteiger partial charge in [0.1, 0.15) is 23.4 Å². The molecule has 178 valence electrons. The summed E-state index contributed by atoms with van der Waals surface area (Å²) in [7, 11) is 0. The summed E-state index contributed by atoms with van der Waals surface area (Å²) in [6, 6.07) is 11.3. The van der Waals surface area contributed by atoms with Crippen molar-refractivity contribution in [3.05, 3.63) is 76.9 Å². The van der Waals surface area contributed by atoms with Crippen LogP contribution in [-0.4, -0.2) is 35.5 Å². The van der Waals surface area contributed by atoms with Crippen molar-refractivity contribution in [3.8, 4) is 22.8 Å². The first-order chi connectivity index (χ1) is 16.7. The van der Waals surface area contributed by atoms with E-state index < -0.39 is 23.2 Å². The Morgan fingerprint density at radius 2 is 1.77 bits per heavy atom. The van der Waals surface area contributed by atoms with Gasteiger partial charge in [-0.25, -0.2) is 18.7 Å². The van der Waals surface area contributed by atoms with Gasteiger partial charge in [-0.05, 0) is 67.0 Å². The van der Waals surface area contributed by atoms with Gasteiger partial charge < -0.3 is 5.11 Å². The first-order valence-electron chi connectivity index (χ1n) is 11.6. The van der Waals surface area contributed by atoms with Gasteiger partial charge in [-0.2, -0.15) is 10.2 Å². The van der Waals surface area contributed by atoms with E-state index in [9.17, 15) is 13.9 Å². The Morgan fingerprint density at radius 3 is 2.49 bits per heavy atom. The summed E-state index contributed by atoms with van der Waals surface area (Å²) < 4.78 is 29.0. The first kappa shape index (κ1) is 21.9. The van der Waals surface area contributed by atoms with Crippen molar-refractivity contribution in [2.45, 2.75) is 51.0 Å². The zero-order chi connectivity index (χ0) is 24.5. The molecule has 0 spiro atoms. The lowest BCUT2D eigenvalue weighted by Gasteiger charge is -2.37. The number of hydrogen-bond acceptors (Lipinski definition) is 6. The zero-order valence-corrected chi connectivity index (χ0v) is 19.5. The van der Waals surface area contributed by atoms with Crippen LogP contribution in [0.4, 0.5) is 8.78 Å². The zero-order valence-electron chi connectivity index (χ0n) is 19.5. The minimum absolute atomic E-state index is 0.150. The fourth-order valence-electron chi connectivity index (χ4n) is 6.13. The summed E-state index contributed by atoms with van der Waals surface area (Å²) in [5.74, 6) is -0.391. The quantitative estimate of drug-likeness (QED) is 0.438. The van der Waals surface area contributed by atoms with E-state index in [1.54, 1.807) is 13.0 Å². The van der Waals surface area contributed by atoms with Crippen molar-refractivity contribution in [1.82, 2.24) is 30.4 Å². The molecule has 1 aromatic carbocycles. The van der Waals surface area contributed by atoms with Crippen molar-refractivity contribution in [1.29, 1.82) is 0 Å². The van der Waals surface area contributed by atoms with E-state index in [1.165, 1.54) is 18.2 Å². The summed E-state index contributed by atoms with van der Waals surface area (Å²) >= 11 is 0. The van der Waals surface area contributed by atoms with Gasteiger partial charge in [0.25, 0.3) is 0 Å². The molecular formula is C26H24F2N6O. The van der Waals surface area contributed by atoms with Crippen molar-refractivity contribution in [2.24, 2.45) is 5.41 Å². The Bertz CT molecular complexity index is 1450. The van der Waals surface area contributed by atoms with Gasteiger partial charge in [0.05, 0.1) is 28.1 Å². The van der Waals surface area contributed by atoms with Gasteiger partial charge in [0.2, 0.25) is 0 Å². The molecule has 7 nitrogen and oxygen atoms in total. The van der Waals surface area contributed by atoms with Crippen LogP contribution in [0.3, 0.4) is 0 Å². The number of nitrogens with zero attached hydrogens (tertiary/aromatic N) is 5. The summed E-state index contributed by atoms with van der Waals surface area (Å²) in [4.78, 5) is 9.33. The molecule has 4 aromatic rings. The van der Waals surface area contributed by atoms with Crippen molar-refractivity contribution in [3.63, 3.8) is 0 Å². The van der Waals surface area contributed by atoms with Crippen molar-refractivity contribution in [2.75, 3.05) is 0 Å². The second-order valence-electron chi connectivity index (χ2n) is 9.98. The number of hydrogen-bond donors (Lipinski definition) is 2. The number of aromatic nitrogens is 6. The Morgan fingerprint density at radius 1 is 1.03 bits per heavy atom. The molecule has 3 atom stereocenters. The summed E-state index contributed by atoms with van der Waals surface area (Å²) in [5.41, 5.74) is 2.49. The molecule has 1 fully saturated rings. The molecular weight excluding hydrogens is 450 g/mol. The summed E-state index contributed by atoms with van der Waals surface area (Å²) in [6.45, 7) is 6.01.